The molecule has 0 radical (unpaired) electrons. The van der Waals surface area contributed by atoms with Crippen molar-refractivity contribution in [2.45, 2.75) is 86.0 Å². The van der Waals surface area contributed by atoms with E-state index in [-0.39, 0.29) is 0 Å². The fourth-order valence-corrected chi connectivity index (χ4v) is 2.47. The fraction of sp³-hybridized carbons (Fsp3) is 0.889. The summed E-state index contributed by atoms with van der Waals surface area (Å²) in [5, 5.41) is 9.67. The van der Waals surface area contributed by atoms with E-state index in [1.54, 1.807) is 7.05 Å². The first-order valence-electron chi connectivity index (χ1n) is 8.82. The molecule has 134 valence electrons. The Morgan fingerprint density at radius 2 is 1.59 bits per heavy atom. The lowest BCUT2D eigenvalue weighted by Gasteiger charge is -2.14. The van der Waals surface area contributed by atoms with Crippen LogP contribution in [-0.4, -0.2) is 24.5 Å². The molecule has 0 saturated heterocycles. The molecule has 1 rings (SSSR count). The second-order valence-corrected chi connectivity index (χ2v) is 5.34. The Labute approximate surface area is 138 Å². The van der Waals surface area contributed by atoms with Gasteiger partial charge >= 0.3 is 0 Å². The van der Waals surface area contributed by atoms with Gasteiger partial charge in [-0.3, -0.25) is 9.59 Å². The summed E-state index contributed by atoms with van der Waals surface area (Å²) in [6, 6.07) is 0. The number of hydrogen-bond acceptors (Lipinski definition) is 2. The van der Waals surface area contributed by atoms with Crippen molar-refractivity contribution in [1.29, 1.82) is 0 Å². The third-order valence-electron chi connectivity index (χ3n) is 3.73. The zero-order valence-electron chi connectivity index (χ0n) is 15.7. The molecule has 1 fully saturated rings. The molecule has 1 saturated carbocycles. The maximum absolute atomic E-state index is 9.06. The van der Waals surface area contributed by atoms with Gasteiger partial charge in [0.05, 0.1) is 0 Å². The summed E-state index contributed by atoms with van der Waals surface area (Å²) >= 11 is 0. The molecule has 4 heteroatoms. The van der Waals surface area contributed by atoms with E-state index in [0.717, 1.165) is 18.8 Å². The number of carboxylic acid groups (broad SMARTS) is 1. The van der Waals surface area contributed by atoms with E-state index in [2.05, 4.69) is 19.2 Å². The summed E-state index contributed by atoms with van der Waals surface area (Å²) in [5.74, 6) is 1.29. The molecule has 0 aromatic rings. The quantitative estimate of drug-likeness (QED) is 0.687. The van der Waals surface area contributed by atoms with Gasteiger partial charge in [0, 0.05) is 14.0 Å². The van der Waals surface area contributed by atoms with Crippen LogP contribution < -0.4 is 5.32 Å². The molecule has 0 aromatic carbocycles. The van der Waals surface area contributed by atoms with Gasteiger partial charge in [-0.05, 0) is 11.8 Å². The zero-order valence-corrected chi connectivity index (χ0v) is 15.7. The normalized spacial score (nSPS) is 12.9. The minimum atomic E-state index is -0.833. The summed E-state index contributed by atoms with van der Waals surface area (Å²) in [6.45, 7) is 9.76. The first-order valence-corrected chi connectivity index (χ1v) is 8.82. The summed E-state index contributed by atoms with van der Waals surface area (Å²) in [4.78, 5) is 18.1. The summed E-state index contributed by atoms with van der Waals surface area (Å²) < 4.78 is 0. The Hall–Kier alpha value is -1.06. The van der Waals surface area contributed by atoms with Crippen LogP contribution in [0.15, 0.2) is 0 Å². The van der Waals surface area contributed by atoms with Crippen LogP contribution in [0.3, 0.4) is 0 Å². The molecule has 0 aromatic heterocycles. The highest BCUT2D eigenvalue weighted by molar-refractivity contribution is 5.62. The van der Waals surface area contributed by atoms with Crippen molar-refractivity contribution in [1.82, 2.24) is 5.32 Å². The standard InChI is InChI=1S/C12H24.C2H5NO.C2H4O2.C2H6/c1-3-11(4-2)9-10-12-7-5-6-8-12;1-3-2-4;1-2(3)4;1-2/h11-12H,3-10H2,1-2H3;2H,1H3,(H,3,4);1H3,(H,3,4);1-2H3. The molecule has 0 spiro atoms. The number of nitrogens with one attached hydrogen (secondary N) is 1. The molecule has 1 amide bonds. The van der Waals surface area contributed by atoms with E-state index >= 15 is 0 Å². The second kappa shape index (κ2) is 22.2. The molecule has 0 unspecified atom stereocenters. The monoisotopic (exact) mass is 317 g/mol. The van der Waals surface area contributed by atoms with E-state index in [0.29, 0.717) is 6.41 Å². The average Bonchev–Trinajstić information content (AvgIpc) is 3.03. The Balaban J connectivity index is -0.000000301. The van der Waals surface area contributed by atoms with E-state index in [1.807, 2.05) is 13.8 Å². The van der Waals surface area contributed by atoms with E-state index in [1.165, 1.54) is 51.4 Å². The summed E-state index contributed by atoms with van der Waals surface area (Å²) in [5.41, 5.74) is 0. The van der Waals surface area contributed by atoms with Crippen molar-refractivity contribution in [3.8, 4) is 0 Å². The minimum absolute atomic E-state index is 0.625. The first kappa shape index (κ1) is 25.9. The second-order valence-electron chi connectivity index (χ2n) is 5.34. The Morgan fingerprint density at radius 1 is 1.23 bits per heavy atom. The molecule has 2 N–H and O–H groups in total. The fourth-order valence-electron chi connectivity index (χ4n) is 2.47. The largest absolute Gasteiger partial charge is 0.481 e. The minimum Gasteiger partial charge on any atom is -0.481 e. The maximum Gasteiger partial charge on any atom is 0.300 e. The lowest BCUT2D eigenvalue weighted by molar-refractivity contribution is -0.134. The van der Waals surface area contributed by atoms with Crippen LogP contribution in [0.4, 0.5) is 0 Å². The van der Waals surface area contributed by atoms with Crippen LogP contribution >= 0.6 is 0 Å². The Bertz CT molecular complexity index is 216. The molecular weight excluding hydrogens is 278 g/mol. The number of carbonyl (C=O) groups is 2. The highest BCUT2D eigenvalue weighted by Crippen LogP contribution is 2.30. The average molecular weight is 318 g/mol. The number of aliphatic carboxylic acids is 1. The number of carbonyl (C=O) groups excluding carboxylic acids is 1. The lowest BCUT2D eigenvalue weighted by atomic mass is 9.91. The van der Waals surface area contributed by atoms with Gasteiger partial charge in [-0.15, -0.1) is 0 Å². The van der Waals surface area contributed by atoms with Gasteiger partial charge in [0.25, 0.3) is 5.97 Å². The van der Waals surface area contributed by atoms with Crippen molar-refractivity contribution >= 4 is 12.4 Å². The number of rotatable bonds is 6. The van der Waals surface area contributed by atoms with E-state index in [4.69, 9.17) is 14.7 Å². The maximum atomic E-state index is 9.06. The molecular formula is C18H39NO3. The molecule has 0 aliphatic heterocycles. The van der Waals surface area contributed by atoms with Gasteiger partial charge in [0.1, 0.15) is 0 Å². The van der Waals surface area contributed by atoms with Gasteiger partial charge in [-0.1, -0.05) is 79.1 Å². The van der Waals surface area contributed by atoms with Gasteiger partial charge in [0.15, 0.2) is 0 Å². The van der Waals surface area contributed by atoms with Crippen LogP contribution in [0.1, 0.15) is 86.0 Å². The first-order chi connectivity index (χ1) is 10.5. The van der Waals surface area contributed by atoms with E-state index < -0.39 is 5.97 Å². The molecule has 0 heterocycles. The predicted octanol–water partition coefficient (Wildman–Crippen LogP) is 4.87. The number of amides is 1. The molecule has 1 aliphatic rings. The smallest absolute Gasteiger partial charge is 0.300 e. The van der Waals surface area contributed by atoms with Gasteiger partial charge in [-0.25, -0.2) is 0 Å². The molecule has 22 heavy (non-hydrogen) atoms. The zero-order chi connectivity index (χ0) is 17.8. The van der Waals surface area contributed by atoms with Gasteiger partial charge < -0.3 is 10.4 Å². The summed E-state index contributed by atoms with van der Waals surface area (Å²) in [6.07, 6.45) is 12.5. The molecule has 0 bridgehead atoms. The predicted molar refractivity (Wildman–Crippen MR) is 95.0 cm³/mol. The third-order valence-corrected chi connectivity index (χ3v) is 3.73. The van der Waals surface area contributed by atoms with Crippen molar-refractivity contribution in [3.05, 3.63) is 0 Å². The van der Waals surface area contributed by atoms with Crippen LogP contribution in [0.25, 0.3) is 0 Å². The van der Waals surface area contributed by atoms with Crippen LogP contribution in [0.5, 0.6) is 0 Å². The highest BCUT2D eigenvalue weighted by atomic mass is 16.4. The van der Waals surface area contributed by atoms with Crippen molar-refractivity contribution in [3.63, 3.8) is 0 Å². The number of carboxylic acids is 1. The van der Waals surface area contributed by atoms with Crippen molar-refractivity contribution in [2.24, 2.45) is 11.8 Å². The third kappa shape index (κ3) is 24.0. The van der Waals surface area contributed by atoms with Crippen molar-refractivity contribution in [2.75, 3.05) is 7.05 Å². The van der Waals surface area contributed by atoms with Crippen LogP contribution in [0, 0.1) is 11.8 Å². The summed E-state index contributed by atoms with van der Waals surface area (Å²) in [7, 11) is 1.56. The topological polar surface area (TPSA) is 66.4 Å². The van der Waals surface area contributed by atoms with Gasteiger partial charge in [0.2, 0.25) is 6.41 Å². The molecule has 1 aliphatic carbocycles. The SMILES string of the molecule is CC.CC(=O)O.CCC(CC)CCC1CCCC1.CNC=O. The van der Waals surface area contributed by atoms with Gasteiger partial charge in [-0.2, -0.15) is 0 Å². The highest BCUT2D eigenvalue weighted by Gasteiger charge is 2.15. The van der Waals surface area contributed by atoms with Crippen LogP contribution in [0.2, 0.25) is 0 Å². The molecule has 0 atom stereocenters. The van der Waals surface area contributed by atoms with Crippen LogP contribution in [-0.2, 0) is 9.59 Å². The Morgan fingerprint density at radius 3 is 1.86 bits per heavy atom. The molecule has 4 nitrogen and oxygen atoms in total. The Kier molecular flexibility index (Phi) is 26.1. The number of hydrogen-bond donors (Lipinski definition) is 2. The van der Waals surface area contributed by atoms with E-state index in [9.17, 15) is 0 Å². The van der Waals surface area contributed by atoms with Crippen molar-refractivity contribution < 1.29 is 14.7 Å². The lowest BCUT2D eigenvalue weighted by Crippen LogP contribution is -2.01.